The van der Waals surface area contributed by atoms with Crippen molar-refractivity contribution in [3.8, 4) is 11.8 Å². The van der Waals surface area contributed by atoms with E-state index in [2.05, 4.69) is 31.2 Å². The second-order valence-electron chi connectivity index (χ2n) is 5.85. The van der Waals surface area contributed by atoms with E-state index in [0.29, 0.717) is 6.42 Å². The lowest BCUT2D eigenvalue weighted by Gasteiger charge is -2.11. The number of benzene rings is 1. The minimum Gasteiger partial charge on any atom is -0.493 e. The van der Waals surface area contributed by atoms with Crippen molar-refractivity contribution in [2.24, 2.45) is 0 Å². The summed E-state index contributed by atoms with van der Waals surface area (Å²) in [6.07, 6.45) is 9.38. The molecule has 0 aliphatic rings. The molecule has 0 radical (unpaired) electrons. The number of unbranched alkanes of at least 4 members (excludes halogenated alkanes) is 5. The van der Waals surface area contributed by atoms with Crippen molar-refractivity contribution < 1.29 is 9.47 Å². The third-order valence-corrected chi connectivity index (χ3v) is 3.79. The van der Waals surface area contributed by atoms with Crippen molar-refractivity contribution in [2.75, 3.05) is 19.8 Å². The quantitative estimate of drug-likeness (QED) is 0.438. The van der Waals surface area contributed by atoms with E-state index in [1.807, 2.05) is 6.07 Å². The molecule has 0 unspecified atom stereocenters. The van der Waals surface area contributed by atoms with Crippen molar-refractivity contribution in [1.29, 1.82) is 5.26 Å². The van der Waals surface area contributed by atoms with Crippen LogP contribution in [0.5, 0.6) is 5.75 Å². The van der Waals surface area contributed by atoms with E-state index >= 15 is 0 Å². The fourth-order valence-corrected chi connectivity index (χ4v) is 2.44. The van der Waals surface area contributed by atoms with Gasteiger partial charge in [-0.25, -0.2) is 0 Å². The lowest BCUT2D eigenvalue weighted by atomic mass is 10.1. The predicted octanol–water partition coefficient (Wildman–Crippen LogP) is 5.29. The molecule has 0 aliphatic carbocycles. The summed E-state index contributed by atoms with van der Waals surface area (Å²) in [7, 11) is 0. The summed E-state index contributed by atoms with van der Waals surface area (Å²) in [5, 5.41) is 8.46. The zero-order chi connectivity index (χ0) is 16.6. The third-order valence-electron chi connectivity index (χ3n) is 3.79. The van der Waals surface area contributed by atoms with Crippen LogP contribution in [0.25, 0.3) is 0 Å². The highest BCUT2D eigenvalue weighted by atomic mass is 16.5. The Morgan fingerprint density at radius 3 is 2.52 bits per heavy atom. The summed E-state index contributed by atoms with van der Waals surface area (Å²) in [4.78, 5) is 0. The summed E-state index contributed by atoms with van der Waals surface area (Å²) in [6, 6.07) is 10.5. The molecule has 0 atom stereocenters. The fraction of sp³-hybridized carbons (Fsp3) is 0.650. The van der Waals surface area contributed by atoms with Crippen LogP contribution in [0.4, 0.5) is 0 Å². The van der Waals surface area contributed by atoms with Crippen molar-refractivity contribution in [3.05, 3.63) is 29.8 Å². The van der Waals surface area contributed by atoms with Gasteiger partial charge in [-0.1, -0.05) is 44.4 Å². The van der Waals surface area contributed by atoms with Gasteiger partial charge in [0.2, 0.25) is 0 Å². The first-order chi connectivity index (χ1) is 11.4. The molecule has 0 amide bonds. The van der Waals surface area contributed by atoms with Crippen LogP contribution in [0.15, 0.2) is 24.3 Å². The summed E-state index contributed by atoms with van der Waals surface area (Å²) >= 11 is 0. The van der Waals surface area contributed by atoms with Crippen LogP contribution in [0, 0.1) is 11.3 Å². The van der Waals surface area contributed by atoms with Crippen LogP contribution in [-0.4, -0.2) is 19.8 Å². The number of nitrogens with zero attached hydrogens (tertiary/aromatic N) is 1. The zero-order valence-electron chi connectivity index (χ0n) is 14.6. The smallest absolute Gasteiger partial charge is 0.122 e. The molecule has 1 aromatic carbocycles. The Balaban J connectivity index is 2.13. The zero-order valence-corrected chi connectivity index (χ0v) is 14.6. The molecular formula is C20H31NO2. The second kappa shape index (κ2) is 14.1. The largest absolute Gasteiger partial charge is 0.493 e. The van der Waals surface area contributed by atoms with Crippen molar-refractivity contribution in [1.82, 2.24) is 0 Å². The van der Waals surface area contributed by atoms with Crippen molar-refractivity contribution in [2.45, 2.75) is 64.7 Å². The maximum atomic E-state index is 8.46. The Morgan fingerprint density at radius 2 is 1.70 bits per heavy atom. The molecule has 0 aromatic heterocycles. The van der Waals surface area contributed by atoms with E-state index in [4.69, 9.17) is 14.7 Å². The van der Waals surface area contributed by atoms with Gasteiger partial charge in [0, 0.05) is 19.6 Å². The van der Waals surface area contributed by atoms with E-state index in [-0.39, 0.29) is 0 Å². The highest BCUT2D eigenvalue weighted by Crippen LogP contribution is 2.20. The van der Waals surface area contributed by atoms with Gasteiger partial charge in [0.15, 0.2) is 0 Å². The Labute approximate surface area is 141 Å². The minimum absolute atomic E-state index is 0.662. The number of hydrogen-bond donors (Lipinski definition) is 0. The average Bonchev–Trinajstić information content (AvgIpc) is 2.58. The first-order valence-corrected chi connectivity index (χ1v) is 9.04. The van der Waals surface area contributed by atoms with Crippen molar-refractivity contribution >= 4 is 0 Å². The number of aryl methyl sites for hydroxylation is 1. The molecule has 0 heterocycles. The number of ether oxygens (including phenoxy) is 2. The van der Waals surface area contributed by atoms with E-state index in [1.54, 1.807) is 0 Å². The van der Waals surface area contributed by atoms with Gasteiger partial charge in [0.05, 0.1) is 12.7 Å². The number of para-hydroxylation sites is 1. The van der Waals surface area contributed by atoms with Gasteiger partial charge in [-0.15, -0.1) is 0 Å². The molecule has 0 N–H and O–H groups in total. The highest BCUT2D eigenvalue weighted by molar-refractivity contribution is 5.33. The standard InChI is InChI=1S/C20H31NO2/c1-2-3-9-18-23-20-14-7-6-12-19(20)13-11-17-22-16-10-5-4-8-15-21/h6-7,12,14H,2-5,8-11,13,16-18H2,1H3. The number of nitriles is 1. The molecule has 3 heteroatoms. The number of rotatable bonds is 14. The van der Waals surface area contributed by atoms with Gasteiger partial charge in [0.1, 0.15) is 5.75 Å². The maximum Gasteiger partial charge on any atom is 0.122 e. The predicted molar refractivity (Wildman–Crippen MR) is 94.7 cm³/mol. The van der Waals surface area contributed by atoms with Crippen LogP contribution in [0.2, 0.25) is 0 Å². The summed E-state index contributed by atoms with van der Waals surface area (Å²) in [5.74, 6) is 1.03. The average molecular weight is 317 g/mol. The van der Waals surface area contributed by atoms with Gasteiger partial charge >= 0.3 is 0 Å². The summed E-state index contributed by atoms with van der Waals surface area (Å²) < 4.78 is 11.6. The molecule has 23 heavy (non-hydrogen) atoms. The SMILES string of the molecule is CCCCCOc1ccccc1CCCOCCCCCC#N. The molecule has 1 aromatic rings. The maximum absolute atomic E-state index is 8.46. The van der Waals surface area contributed by atoms with Gasteiger partial charge in [-0.3, -0.25) is 0 Å². The molecule has 0 saturated heterocycles. The molecule has 128 valence electrons. The second-order valence-corrected chi connectivity index (χ2v) is 5.85. The topological polar surface area (TPSA) is 42.2 Å². The molecular weight excluding hydrogens is 286 g/mol. The van der Waals surface area contributed by atoms with E-state index < -0.39 is 0 Å². The monoisotopic (exact) mass is 317 g/mol. The molecule has 1 rings (SSSR count). The molecule has 0 fully saturated rings. The van der Waals surface area contributed by atoms with Crippen LogP contribution in [-0.2, 0) is 11.2 Å². The van der Waals surface area contributed by atoms with Crippen LogP contribution >= 0.6 is 0 Å². The van der Waals surface area contributed by atoms with Crippen LogP contribution < -0.4 is 4.74 Å². The fourth-order valence-electron chi connectivity index (χ4n) is 2.44. The molecule has 0 bridgehead atoms. The van der Waals surface area contributed by atoms with E-state index in [0.717, 1.165) is 64.1 Å². The Kier molecular flexibility index (Phi) is 12.0. The lowest BCUT2D eigenvalue weighted by molar-refractivity contribution is 0.127. The highest BCUT2D eigenvalue weighted by Gasteiger charge is 2.03. The third kappa shape index (κ3) is 9.97. The first kappa shape index (κ1) is 19.5. The molecule has 0 spiro atoms. The lowest BCUT2D eigenvalue weighted by Crippen LogP contribution is -2.02. The van der Waals surface area contributed by atoms with Gasteiger partial charge in [-0.2, -0.15) is 5.26 Å². The molecule has 0 saturated carbocycles. The van der Waals surface area contributed by atoms with E-state index in [9.17, 15) is 0 Å². The first-order valence-electron chi connectivity index (χ1n) is 9.04. The normalized spacial score (nSPS) is 10.4. The minimum atomic E-state index is 0.662. The Morgan fingerprint density at radius 1 is 0.913 bits per heavy atom. The summed E-state index contributed by atoms with van der Waals surface area (Å²) in [6.45, 7) is 4.62. The van der Waals surface area contributed by atoms with Crippen molar-refractivity contribution in [3.63, 3.8) is 0 Å². The summed E-state index contributed by atoms with van der Waals surface area (Å²) in [5.41, 5.74) is 1.28. The van der Waals surface area contributed by atoms with Crippen LogP contribution in [0.3, 0.4) is 0 Å². The van der Waals surface area contributed by atoms with Gasteiger partial charge in [-0.05, 0) is 43.7 Å². The number of hydrogen-bond acceptors (Lipinski definition) is 3. The Hall–Kier alpha value is -1.53. The molecule has 3 nitrogen and oxygen atoms in total. The Bertz CT molecular complexity index is 440. The van der Waals surface area contributed by atoms with Gasteiger partial charge in [0.25, 0.3) is 0 Å². The van der Waals surface area contributed by atoms with Crippen LogP contribution in [0.1, 0.15) is 63.9 Å². The molecule has 0 aliphatic heterocycles. The van der Waals surface area contributed by atoms with Gasteiger partial charge < -0.3 is 9.47 Å². The van der Waals surface area contributed by atoms with E-state index in [1.165, 1.54) is 18.4 Å².